The van der Waals surface area contributed by atoms with Gasteiger partial charge in [-0.1, -0.05) is 12.1 Å². The van der Waals surface area contributed by atoms with E-state index in [1.165, 1.54) is 0 Å². The molecule has 2 rings (SSSR count). The molecule has 6 nitrogen and oxygen atoms in total. The molecule has 0 radical (unpaired) electrons. The molecule has 0 saturated heterocycles. The molecule has 0 saturated carbocycles. The summed E-state index contributed by atoms with van der Waals surface area (Å²) in [5.74, 6) is -0.882. The summed E-state index contributed by atoms with van der Waals surface area (Å²) < 4.78 is 5.33. The molecule has 0 aliphatic rings. The highest BCUT2D eigenvalue weighted by molar-refractivity contribution is 5.96. The molecule has 120 valence electrons. The van der Waals surface area contributed by atoms with E-state index in [9.17, 15) is 9.59 Å². The second-order valence-corrected chi connectivity index (χ2v) is 4.80. The van der Waals surface area contributed by atoms with E-state index in [4.69, 9.17) is 9.84 Å². The molecule has 23 heavy (non-hydrogen) atoms. The SMILES string of the molecule is CCOc1ncccc1C(=O)NCCc1ccc(C(=O)O)cc1. The minimum Gasteiger partial charge on any atom is -0.478 e. The predicted octanol–water partition coefficient (Wildman–Crippen LogP) is 2.15. The standard InChI is InChI=1S/C17H18N2O4/c1-2-23-16-14(4-3-10-19-16)15(20)18-11-9-12-5-7-13(8-6-12)17(21)22/h3-8,10H,2,9,11H2,1H3,(H,18,20)(H,21,22). The van der Waals surface area contributed by atoms with Crippen molar-refractivity contribution < 1.29 is 19.4 Å². The van der Waals surface area contributed by atoms with Gasteiger partial charge in [0.1, 0.15) is 5.56 Å². The minimum absolute atomic E-state index is 0.245. The Kier molecular flexibility index (Phi) is 5.68. The van der Waals surface area contributed by atoms with Crippen LogP contribution in [0.25, 0.3) is 0 Å². The minimum atomic E-state index is -0.954. The van der Waals surface area contributed by atoms with Crippen LogP contribution in [0.3, 0.4) is 0 Å². The van der Waals surface area contributed by atoms with Crippen LogP contribution in [0.15, 0.2) is 42.6 Å². The number of nitrogens with zero attached hydrogens (tertiary/aromatic N) is 1. The van der Waals surface area contributed by atoms with Crippen molar-refractivity contribution in [2.75, 3.05) is 13.2 Å². The molecule has 1 aromatic carbocycles. The number of carboxylic acid groups (broad SMARTS) is 1. The van der Waals surface area contributed by atoms with Crippen molar-refractivity contribution in [1.82, 2.24) is 10.3 Å². The first-order valence-electron chi connectivity index (χ1n) is 7.30. The number of pyridine rings is 1. The number of amides is 1. The van der Waals surface area contributed by atoms with Crippen LogP contribution >= 0.6 is 0 Å². The molecule has 1 heterocycles. The van der Waals surface area contributed by atoms with E-state index in [0.717, 1.165) is 5.56 Å². The van der Waals surface area contributed by atoms with Gasteiger partial charge in [-0.05, 0) is 43.2 Å². The fourth-order valence-electron chi connectivity index (χ4n) is 2.04. The van der Waals surface area contributed by atoms with Gasteiger partial charge < -0.3 is 15.2 Å². The molecule has 2 N–H and O–H groups in total. The quantitative estimate of drug-likeness (QED) is 0.817. The van der Waals surface area contributed by atoms with Gasteiger partial charge in [-0.15, -0.1) is 0 Å². The maximum absolute atomic E-state index is 12.2. The monoisotopic (exact) mass is 314 g/mol. The van der Waals surface area contributed by atoms with Crippen molar-refractivity contribution in [3.05, 3.63) is 59.3 Å². The van der Waals surface area contributed by atoms with Crippen molar-refractivity contribution in [3.8, 4) is 5.88 Å². The Morgan fingerprint density at radius 1 is 1.22 bits per heavy atom. The van der Waals surface area contributed by atoms with Crippen molar-refractivity contribution in [2.24, 2.45) is 0 Å². The number of ether oxygens (including phenoxy) is 1. The third kappa shape index (κ3) is 4.54. The molecule has 0 atom stereocenters. The molecule has 1 aromatic heterocycles. The van der Waals surface area contributed by atoms with Gasteiger partial charge in [-0.3, -0.25) is 4.79 Å². The van der Waals surface area contributed by atoms with Gasteiger partial charge in [0, 0.05) is 12.7 Å². The number of carbonyl (C=O) groups excluding carboxylic acids is 1. The zero-order chi connectivity index (χ0) is 16.7. The van der Waals surface area contributed by atoms with E-state index in [2.05, 4.69) is 10.3 Å². The lowest BCUT2D eigenvalue weighted by Gasteiger charge is -2.09. The van der Waals surface area contributed by atoms with Crippen LogP contribution in [0.5, 0.6) is 5.88 Å². The van der Waals surface area contributed by atoms with Gasteiger partial charge in [-0.2, -0.15) is 0 Å². The molecule has 0 fully saturated rings. The Morgan fingerprint density at radius 3 is 2.61 bits per heavy atom. The van der Waals surface area contributed by atoms with Crippen molar-refractivity contribution in [3.63, 3.8) is 0 Å². The Hall–Kier alpha value is -2.89. The third-order valence-corrected chi connectivity index (χ3v) is 3.20. The zero-order valence-corrected chi connectivity index (χ0v) is 12.8. The average molecular weight is 314 g/mol. The summed E-state index contributed by atoms with van der Waals surface area (Å²) in [7, 11) is 0. The molecule has 2 aromatic rings. The first kappa shape index (κ1) is 16.5. The molecule has 0 unspecified atom stereocenters. The van der Waals surface area contributed by atoms with E-state index >= 15 is 0 Å². The highest BCUT2D eigenvalue weighted by Crippen LogP contribution is 2.14. The van der Waals surface area contributed by atoms with Gasteiger partial charge in [0.15, 0.2) is 0 Å². The van der Waals surface area contributed by atoms with Gasteiger partial charge in [0.2, 0.25) is 5.88 Å². The molecule has 1 amide bonds. The maximum atomic E-state index is 12.2. The van der Waals surface area contributed by atoms with E-state index in [0.29, 0.717) is 31.0 Å². The molecule has 0 spiro atoms. The Balaban J connectivity index is 1.91. The van der Waals surface area contributed by atoms with Gasteiger partial charge >= 0.3 is 5.97 Å². The number of rotatable bonds is 7. The largest absolute Gasteiger partial charge is 0.478 e. The second kappa shape index (κ2) is 7.93. The molecular weight excluding hydrogens is 296 g/mol. The van der Waals surface area contributed by atoms with Gasteiger partial charge in [0.25, 0.3) is 5.91 Å². The Bertz CT molecular complexity index is 683. The Labute approximate surface area is 134 Å². The van der Waals surface area contributed by atoms with Crippen molar-refractivity contribution in [1.29, 1.82) is 0 Å². The number of hydrogen-bond donors (Lipinski definition) is 2. The second-order valence-electron chi connectivity index (χ2n) is 4.80. The van der Waals surface area contributed by atoms with E-state index < -0.39 is 5.97 Å². The van der Waals surface area contributed by atoms with Crippen LogP contribution in [0.2, 0.25) is 0 Å². The zero-order valence-electron chi connectivity index (χ0n) is 12.8. The van der Waals surface area contributed by atoms with Crippen LogP contribution in [-0.2, 0) is 6.42 Å². The number of benzene rings is 1. The summed E-state index contributed by atoms with van der Waals surface area (Å²) in [6, 6.07) is 9.93. The third-order valence-electron chi connectivity index (χ3n) is 3.20. The lowest BCUT2D eigenvalue weighted by molar-refractivity contribution is 0.0696. The summed E-state index contributed by atoms with van der Waals surface area (Å²) in [6.45, 7) is 2.70. The number of aromatic carboxylic acids is 1. The molecule has 0 aliphatic heterocycles. The molecule has 0 bridgehead atoms. The van der Waals surface area contributed by atoms with Crippen LogP contribution in [0.4, 0.5) is 0 Å². The molecule has 6 heteroatoms. The average Bonchev–Trinajstić information content (AvgIpc) is 2.56. The van der Waals surface area contributed by atoms with Crippen molar-refractivity contribution >= 4 is 11.9 Å². The Morgan fingerprint density at radius 2 is 1.96 bits per heavy atom. The van der Waals surface area contributed by atoms with Crippen LogP contribution in [-0.4, -0.2) is 35.1 Å². The number of carboxylic acids is 1. The fraction of sp³-hybridized carbons (Fsp3) is 0.235. The van der Waals surface area contributed by atoms with E-state index in [-0.39, 0.29) is 11.5 Å². The van der Waals surface area contributed by atoms with Gasteiger partial charge in [-0.25, -0.2) is 9.78 Å². The smallest absolute Gasteiger partial charge is 0.335 e. The topological polar surface area (TPSA) is 88.5 Å². The number of nitrogens with one attached hydrogen (secondary N) is 1. The van der Waals surface area contributed by atoms with Crippen LogP contribution < -0.4 is 10.1 Å². The summed E-state index contributed by atoms with van der Waals surface area (Å²) in [5, 5.41) is 11.7. The summed E-state index contributed by atoms with van der Waals surface area (Å²) in [6.07, 6.45) is 2.18. The lowest BCUT2D eigenvalue weighted by Crippen LogP contribution is -2.26. The van der Waals surface area contributed by atoms with E-state index in [1.807, 2.05) is 6.92 Å². The number of hydrogen-bond acceptors (Lipinski definition) is 4. The van der Waals surface area contributed by atoms with Crippen molar-refractivity contribution in [2.45, 2.75) is 13.3 Å². The number of aromatic nitrogens is 1. The highest BCUT2D eigenvalue weighted by atomic mass is 16.5. The summed E-state index contributed by atoms with van der Waals surface area (Å²) in [4.78, 5) is 27.0. The van der Waals surface area contributed by atoms with Crippen LogP contribution in [0, 0.1) is 0 Å². The number of carbonyl (C=O) groups is 2. The normalized spacial score (nSPS) is 10.1. The predicted molar refractivity (Wildman–Crippen MR) is 84.8 cm³/mol. The maximum Gasteiger partial charge on any atom is 0.335 e. The summed E-state index contributed by atoms with van der Waals surface area (Å²) in [5.41, 5.74) is 1.59. The first-order chi connectivity index (χ1) is 11.1. The first-order valence-corrected chi connectivity index (χ1v) is 7.30. The highest BCUT2D eigenvalue weighted by Gasteiger charge is 2.12. The molecular formula is C17H18N2O4. The van der Waals surface area contributed by atoms with Gasteiger partial charge in [0.05, 0.1) is 12.2 Å². The summed E-state index contributed by atoms with van der Waals surface area (Å²) >= 11 is 0. The lowest BCUT2D eigenvalue weighted by atomic mass is 10.1. The van der Waals surface area contributed by atoms with E-state index in [1.54, 1.807) is 42.6 Å². The van der Waals surface area contributed by atoms with Crippen LogP contribution in [0.1, 0.15) is 33.2 Å². The molecule has 0 aliphatic carbocycles. The fourth-order valence-corrected chi connectivity index (χ4v) is 2.04.